The summed E-state index contributed by atoms with van der Waals surface area (Å²) < 4.78 is 2.06. The Morgan fingerprint density at radius 1 is 1.40 bits per heavy atom. The quantitative estimate of drug-likeness (QED) is 0.636. The molecule has 0 radical (unpaired) electrons. The highest BCUT2D eigenvalue weighted by Crippen LogP contribution is 2.20. The first kappa shape index (κ1) is 13.6. The van der Waals surface area contributed by atoms with Crippen LogP contribution in [-0.2, 0) is 26.1 Å². The van der Waals surface area contributed by atoms with E-state index in [0.717, 1.165) is 37.8 Å². The molecule has 0 bridgehead atoms. The van der Waals surface area contributed by atoms with Crippen molar-refractivity contribution in [1.82, 2.24) is 24.6 Å². The van der Waals surface area contributed by atoms with Gasteiger partial charge in [0.1, 0.15) is 0 Å². The second-order valence-electron chi connectivity index (χ2n) is 4.93. The van der Waals surface area contributed by atoms with Crippen molar-refractivity contribution >= 4 is 11.8 Å². The summed E-state index contributed by atoms with van der Waals surface area (Å²) in [6.07, 6.45) is 6.89. The first-order chi connectivity index (χ1) is 9.80. The normalized spacial score (nSPS) is 15.3. The molecule has 5 nitrogen and oxygen atoms in total. The van der Waals surface area contributed by atoms with Crippen LogP contribution in [0.1, 0.15) is 23.9 Å². The van der Waals surface area contributed by atoms with Crippen LogP contribution in [0, 0.1) is 0 Å². The van der Waals surface area contributed by atoms with Gasteiger partial charge in [-0.05, 0) is 19.2 Å². The topological polar surface area (TPSA) is 46.8 Å². The lowest BCUT2D eigenvalue weighted by Crippen LogP contribution is -2.31. The van der Waals surface area contributed by atoms with Gasteiger partial charge in [0, 0.05) is 50.6 Å². The van der Waals surface area contributed by atoms with Gasteiger partial charge in [-0.1, -0.05) is 11.8 Å². The summed E-state index contributed by atoms with van der Waals surface area (Å²) in [6, 6.07) is 2.10. The van der Waals surface area contributed by atoms with Crippen molar-refractivity contribution in [2.24, 2.45) is 0 Å². The molecule has 0 atom stereocenters. The molecular weight excluding hydrogens is 270 g/mol. The van der Waals surface area contributed by atoms with E-state index in [9.17, 15) is 0 Å². The molecule has 2 aromatic rings. The van der Waals surface area contributed by atoms with Crippen LogP contribution in [-0.4, -0.2) is 37.4 Å². The fraction of sp³-hybridized carbons (Fsp3) is 0.500. The summed E-state index contributed by atoms with van der Waals surface area (Å²) in [4.78, 5) is 11.4. The smallest absolute Gasteiger partial charge is 0.187 e. The standard InChI is InChI=1S/C14H19N5S/c1-3-19-12(4-6-16-19)10-18-7-5-13-11(9-18)8-15-14(17-13)20-2/h4,6,8H,3,5,7,9-10H2,1-2H3. The monoisotopic (exact) mass is 289 g/mol. The van der Waals surface area contributed by atoms with E-state index in [1.54, 1.807) is 11.8 Å². The van der Waals surface area contributed by atoms with Gasteiger partial charge in [0.2, 0.25) is 0 Å². The Morgan fingerprint density at radius 2 is 2.30 bits per heavy atom. The molecule has 20 heavy (non-hydrogen) atoms. The van der Waals surface area contributed by atoms with Gasteiger partial charge in [-0.15, -0.1) is 0 Å². The maximum Gasteiger partial charge on any atom is 0.187 e. The Bertz CT molecular complexity index is 595. The van der Waals surface area contributed by atoms with Crippen LogP contribution in [0.5, 0.6) is 0 Å². The highest BCUT2D eigenvalue weighted by molar-refractivity contribution is 7.98. The second-order valence-corrected chi connectivity index (χ2v) is 5.70. The lowest BCUT2D eigenvalue weighted by Gasteiger charge is -2.28. The largest absolute Gasteiger partial charge is 0.293 e. The number of rotatable bonds is 4. The van der Waals surface area contributed by atoms with Crippen LogP contribution in [0.2, 0.25) is 0 Å². The highest BCUT2D eigenvalue weighted by atomic mass is 32.2. The molecule has 0 fully saturated rings. The van der Waals surface area contributed by atoms with Crippen LogP contribution < -0.4 is 0 Å². The molecule has 2 aromatic heterocycles. The molecule has 0 amide bonds. The Morgan fingerprint density at radius 3 is 3.10 bits per heavy atom. The molecule has 3 rings (SSSR count). The lowest BCUT2D eigenvalue weighted by molar-refractivity contribution is 0.235. The van der Waals surface area contributed by atoms with Crippen molar-refractivity contribution in [2.45, 2.75) is 38.1 Å². The van der Waals surface area contributed by atoms with Crippen LogP contribution in [0.15, 0.2) is 23.6 Å². The minimum Gasteiger partial charge on any atom is -0.293 e. The number of aryl methyl sites for hydroxylation is 1. The zero-order valence-corrected chi connectivity index (χ0v) is 12.7. The molecule has 0 unspecified atom stereocenters. The van der Waals surface area contributed by atoms with Gasteiger partial charge >= 0.3 is 0 Å². The summed E-state index contributed by atoms with van der Waals surface area (Å²) in [6.45, 7) is 5.97. The number of nitrogens with zero attached hydrogens (tertiary/aromatic N) is 5. The van der Waals surface area contributed by atoms with Crippen LogP contribution in [0.3, 0.4) is 0 Å². The van der Waals surface area contributed by atoms with E-state index < -0.39 is 0 Å². The maximum atomic E-state index is 4.60. The molecule has 1 aliphatic heterocycles. The Kier molecular flexibility index (Phi) is 4.03. The van der Waals surface area contributed by atoms with Crippen LogP contribution in [0.4, 0.5) is 0 Å². The first-order valence-corrected chi connectivity index (χ1v) is 8.14. The predicted octanol–water partition coefficient (Wildman–Crippen LogP) is 1.97. The van der Waals surface area contributed by atoms with E-state index in [0.29, 0.717) is 0 Å². The number of hydrogen-bond donors (Lipinski definition) is 0. The van der Waals surface area contributed by atoms with E-state index in [4.69, 9.17) is 0 Å². The molecule has 6 heteroatoms. The molecule has 0 aliphatic carbocycles. The van der Waals surface area contributed by atoms with Crippen LogP contribution in [0.25, 0.3) is 0 Å². The number of fused-ring (bicyclic) bond motifs is 1. The van der Waals surface area contributed by atoms with Gasteiger partial charge in [0.05, 0.1) is 11.4 Å². The van der Waals surface area contributed by atoms with E-state index in [1.807, 2.05) is 18.6 Å². The van der Waals surface area contributed by atoms with Crippen molar-refractivity contribution in [3.05, 3.63) is 35.4 Å². The Hall–Kier alpha value is -1.40. The number of aromatic nitrogens is 4. The van der Waals surface area contributed by atoms with Gasteiger partial charge < -0.3 is 0 Å². The van der Waals surface area contributed by atoms with Gasteiger partial charge in [0.15, 0.2) is 5.16 Å². The van der Waals surface area contributed by atoms with Crippen LogP contribution >= 0.6 is 11.8 Å². The lowest BCUT2D eigenvalue weighted by atomic mass is 10.1. The molecule has 0 N–H and O–H groups in total. The molecule has 0 saturated heterocycles. The minimum atomic E-state index is 0.876. The highest BCUT2D eigenvalue weighted by Gasteiger charge is 2.19. The van der Waals surface area contributed by atoms with E-state index >= 15 is 0 Å². The molecule has 3 heterocycles. The van der Waals surface area contributed by atoms with Crippen molar-refractivity contribution in [2.75, 3.05) is 12.8 Å². The average Bonchev–Trinajstić information content (AvgIpc) is 2.94. The molecule has 106 valence electrons. The van der Waals surface area contributed by atoms with Crippen molar-refractivity contribution in [3.8, 4) is 0 Å². The summed E-state index contributed by atoms with van der Waals surface area (Å²) in [5.74, 6) is 0. The van der Waals surface area contributed by atoms with Gasteiger partial charge in [0.25, 0.3) is 0 Å². The first-order valence-electron chi connectivity index (χ1n) is 6.92. The fourth-order valence-electron chi connectivity index (χ4n) is 2.60. The van der Waals surface area contributed by atoms with E-state index in [1.165, 1.54) is 17.0 Å². The van der Waals surface area contributed by atoms with E-state index in [2.05, 4.69) is 37.6 Å². The van der Waals surface area contributed by atoms with E-state index in [-0.39, 0.29) is 0 Å². The summed E-state index contributed by atoms with van der Waals surface area (Å²) in [5, 5.41) is 5.21. The zero-order chi connectivity index (χ0) is 13.9. The summed E-state index contributed by atoms with van der Waals surface area (Å²) in [7, 11) is 0. The molecule has 0 spiro atoms. The van der Waals surface area contributed by atoms with Gasteiger partial charge in [-0.2, -0.15) is 5.10 Å². The predicted molar refractivity (Wildman–Crippen MR) is 79.5 cm³/mol. The third-order valence-corrected chi connectivity index (χ3v) is 4.22. The van der Waals surface area contributed by atoms with Crippen molar-refractivity contribution < 1.29 is 0 Å². The summed E-state index contributed by atoms with van der Waals surface area (Å²) >= 11 is 1.60. The zero-order valence-electron chi connectivity index (χ0n) is 11.9. The summed E-state index contributed by atoms with van der Waals surface area (Å²) in [5.41, 5.74) is 3.75. The maximum absolute atomic E-state index is 4.60. The third kappa shape index (κ3) is 2.71. The molecular formula is C14H19N5S. The van der Waals surface area contributed by atoms with Gasteiger partial charge in [-0.25, -0.2) is 9.97 Å². The SMILES string of the molecule is CCn1nccc1CN1CCc2nc(SC)ncc2C1. The molecule has 0 aromatic carbocycles. The Balaban J connectivity index is 1.72. The average molecular weight is 289 g/mol. The van der Waals surface area contributed by atoms with Crippen molar-refractivity contribution in [3.63, 3.8) is 0 Å². The van der Waals surface area contributed by atoms with Gasteiger partial charge in [-0.3, -0.25) is 9.58 Å². The molecule has 0 saturated carbocycles. The fourth-order valence-corrected chi connectivity index (χ4v) is 2.96. The Labute approximate surface area is 123 Å². The number of thioether (sulfide) groups is 1. The number of hydrogen-bond acceptors (Lipinski definition) is 5. The minimum absolute atomic E-state index is 0.876. The molecule has 1 aliphatic rings. The second kappa shape index (κ2) is 5.93. The van der Waals surface area contributed by atoms with Crippen molar-refractivity contribution in [1.29, 1.82) is 0 Å². The third-order valence-electron chi connectivity index (χ3n) is 3.66.